The Labute approximate surface area is 88.7 Å². The third-order valence-corrected chi connectivity index (χ3v) is 2.65. The number of amides is 1. The van der Waals surface area contributed by atoms with E-state index in [4.69, 9.17) is 5.73 Å². The Hall–Kier alpha value is -1.14. The number of methoxy groups -OCH3 is 1. The number of hydrogen-bond acceptors (Lipinski definition) is 5. The molecule has 1 heterocycles. The van der Waals surface area contributed by atoms with Crippen LogP contribution in [-0.4, -0.2) is 55.6 Å². The minimum absolute atomic E-state index is 0.344. The van der Waals surface area contributed by atoms with E-state index in [-0.39, 0.29) is 5.97 Å². The number of carbonyl (C=O) groups is 2. The van der Waals surface area contributed by atoms with Crippen molar-refractivity contribution in [2.75, 3.05) is 26.7 Å². The van der Waals surface area contributed by atoms with Gasteiger partial charge in [0.15, 0.2) is 0 Å². The van der Waals surface area contributed by atoms with Crippen molar-refractivity contribution in [1.29, 1.82) is 0 Å². The highest BCUT2D eigenvalue weighted by Crippen LogP contribution is 2.09. The normalized spacial score (nSPS) is 24.5. The standard InChI is InChI=1S/C9H17N3O3/c1-6(9(14)15-2)12-4-3-11-5-7(12)8(10)13/h6-7,11H,3-5H2,1-2H3,(H2,10,13). The number of esters is 1. The summed E-state index contributed by atoms with van der Waals surface area (Å²) in [5.41, 5.74) is 5.26. The molecular formula is C9H17N3O3. The number of hydrogen-bond donors (Lipinski definition) is 2. The molecule has 1 saturated heterocycles. The van der Waals surface area contributed by atoms with Crippen LogP contribution in [0.25, 0.3) is 0 Å². The van der Waals surface area contributed by atoms with E-state index in [2.05, 4.69) is 10.1 Å². The van der Waals surface area contributed by atoms with Crippen molar-refractivity contribution in [3.8, 4) is 0 Å². The van der Waals surface area contributed by atoms with Crippen LogP contribution < -0.4 is 11.1 Å². The summed E-state index contributed by atoms with van der Waals surface area (Å²) < 4.78 is 4.64. The number of primary amides is 1. The monoisotopic (exact) mass is 215 g/mol. The van der Waals surface area contributed by atoms with Gasteiger partial charge in [0.1, 0.15) is 12.1 Å². The highest BCUT2D eigenvalue weighted by atomic mass is 16.5. The average Bonchev–Trinajstić information content (AvgIpc) is 2.27. The Balaban J connectivity index is 2.71. The van der Waals surface area contributed by atoms with Gasteiger partial charge < -0.3 is 15.8 Å². The number of nitrogens with zero attached hydrogens (tertiary/aromatic N) is 1. The van der Waals surface area contributed by atoms with E-state index < -0.39 is 18.0 Å². The van der Waals surface area contributed by atoms with Gasteiger partial charge in [0.05, 0.1) is 7.11 Å². The maximum atomic E-state index is 11.3. The Morgan fingerprint density at radius 1 is 1.60 bits per heavy atom. The predicted molar refractivity (Wildman–Crippen MR) is 54.0 cm³/mol. The summed E-state index contributed by atoms with van der Waals surface area (Å²) in [4.78, 5) is 24.3. The summed E-state index contributed by atoms with van der Waals surface area (Å²) in [6, 6.07) is -0.873. The summed E-state index contributed by atoms with van der Waals surface area (Å²) in [5, 5.41) is 3.06. The Morgan fingerprint density at radius 3 is 2.80 bits per heavy atom. The third-order valence-electron chi connectivity index (χ3n) is 2.65. The molecule has 0 bridgehead atoms. The second-order valence-electron chi connectivity index (χ2n) is 3.56. The van der Waals surface area contributed by atoms with Gasteiger partial charge >= 0.3 is 5.97 Å². The van der Waals surface area contributed by atoms with Crippen LogP contribution in [0.2, 0.25) is 0 Å². The van der Waals surface area contributed by atoms with Crippen LogP contribution >= 0.6 is 0 Å². The molecule has 0 spiro atoms. The Bertz CT molecular complexity index is 257. The lowest BCUT2D eigenvalue weighted by Gasteiger charge is -2.36. The predicted octanol–water partition coefficient (Wildman–Crippen LogP) is -1.69. The summed E-state index contributed by atoms with van der Waals surface area (Å²) in [5.74, 6) is -0.763. The van der Waals surface area contributed by atoms with Crippen molar-refractivity contribution >= 4 is 11.9 Å². The summed E-state index contributed by atoms with van der Waals surface area (Å²) in [6.45, 7) is 3.55. The van der Waals surface area contributed by atoms with Gasteiger partial charge in [-0.15, -0.1) is 0 Å². The zero-order chi connectivity index (χ0) is 11.4. The van der Waals surface area contributed by atoms with Crippen molar-refractivity contribution in [1.82, 2.24) is 10.2 Å². The van der Waals surface area contributed by atoms with Crippen molar-refractivity contribution in [3.63, 3.8) is 0 Å². The lowest BCUT2D eigenvalue weighted by atomic mass is 10.1. The fourth-order valence-electron chi connectivity index (χ4n) is 1.75. The van der Waals surface area contributed by atoms with Crippen LogP contribution in [0.5, 0.6) is 0 Å². The first-order chi connectivity index (χ1) is 7.07. The first-order valence-corrected chi connectivity index (χ1v) is 4.91. The molecule has 1 aliphatic heterocycles. The Morgan fingerprint density at radius 2 is 2.27 bits per heavy atom. The van der Waals surface area contributed by atoms with Gasteiger partial charge in [-0.25, -0.2) is 0 Å². The average molecular weight is 215 g/mol. The van der Waals surface area contributed by atoms with E-state index in [0.29, 0.717) is 13.1 Å². The van der Waals surface area contributed by atoms with E-state index in [1.165, 1.54) is 7.11 Å². The lowest BCUT2D eigenvalue weighted by molar-refractivity contribution is -0.148. The molecule has 2 unspecified atom stereocenters. The second kappa shape index (κ2) is 5.09. The van der Waals surface area contributed by atoms with E-state index in [9.17, 15) is 9.59 Å². The minimum Gasteiger partial charge on any atom is -0.468 e. The molecule has 1 aliphatic rings. The molecule has 2 atom stereocenters. The molecule has 0 saturated carbocycles. The number of nitrogens with one attached hydrogen (secondary N) is 1. The van der Waals surface area contributed by atoms with Crippen LogP contribution in [0.1, 0.15) is 6.92 Å². The maximum Gasteiger partial charge on any atom is 0.322 e. The van der Waals surface area contributed by atoms with Crippen molar-refractivity contribution in [2.24, 2.45) is 5.73 Å². The van der Waals surface area contributed by atoms with Crippen molar-refractivity contribution in [2.45, 2.75) is 19.0 Å². The molecule has 0 radical (unpaired) electrons. The fourth-order valence-corrected chi connectivity index (χ4v) is 1.75. The number of piperazine rings is 1. The SMILES string of the molecule is COC(=O)C(C)N1CCNCC1C(N)=O. The van der Waals surface area contributed by atoms with E-state index in [1.807, 2.05) is 0 Å². The highest BCUT2D eigenvalue weighted by molar-refractivity contribution is 5.82. The molecular weight excluding hydrogens is 198 g/mol. The van der Waals surface area contributed by atoms with Gasteiger partial charge in [-0.3, -0.25) is 14.5 Å². The summed E-state index contributed by atoms with van der Waals surface area (Å²) in [7, 11) is 1.33. The number of ether oxygens (including phenoxy) is 1. The van der Waals surface area contributed by atoms with Gasteiger partial charge in [-0.2, -0.15) is 0 Å². The summed E-state index contributed by atoms with van der Waals surface area (Å²) >= 11 is 0. The lowest BCUT2D eigenvalue weighted by Crippen LogP contribution is -2.61. The second-order valence-corrected chi connectivity index (χ2v) is 3.56. The van der Waals surface area contributed by atoms with Gasteiger partial charge in [0.25, 0.3) is 0 Å². The fraction of sp³-hybridized carbons (Fsp3) is 0.778. The first kappa shape index (κ1) is 11.9. The molecule has 0 aromatic heterocycles. The van der Waals surface area contributed by atoms with Gasteiger partial charge in [-0.1, -0.05) is 0 Å². The summed E-state index contributed by atoms with van der Waals surface area (Å²) in [6.07, 6.45) is 0. The van der Waals surface area contributed by atoms with E-state index >= 15 is 0 Å². The van der Waals surface area contributed by atoms with Crippen LogP contribution in [0.4, 0.5) is 0 Å². The zero-order valence-electron chi connectivity index (χ0n) is 9.03. The molecule has 1 amide bonds. The van der Waals surface area contributed by atoms with Crippen molar-refractivity contribution < 1.29 is 14.3 Å². The van der Waals surface area contributed by atoms with E-state index in [0.717, 1.165) is 6.54 Å². The topological polar surface area (TPSA) is 84.7 Å². The third kappa shape index (κ3) is 2.66. The van der Waals surface area contributed by atoms with Gasteiger partial charge in [-0.05, 0) is 6.92 Å². The number of carbonyl (C=O) groups excluding carboxylic acids is 2. The van der Waals surface area contributed by atoms with Crippen LogP contribution in [0.15, 0.2) is 0 Å². The largest absolute Gasteiger partial charge is 0.468 e. The zero-order valence-corrected chi connectivity index (χ0v) is 9.03. The molecule has 0 aliphatic carbocycles. The Kier molecular flexibility index (Phi) is 4.05. The first-order valence-electron chi connectivity index (χ1n) is 4.91. The molecule has 86 valence electrons. The minimum atomic E-state index is -0.437. The quantitative estimate of drug-likeness (QED) is 0.549. The van der Waals surface area contributed by atoms with Crippen molar-refractivity contribution in [3.05, 3.63) is 0 Å². The van der Waals surface area contributed by atoms with Gasteiger partial charge in [0, 0.05) is 19.6 Å². The molecule has 6 heteroatoms. The highest BCUT2D eigenvalue weighted by Gasteiger charge is 2.33. The van der Waals surface area contributed by atoms with Crippen LogP contribution in [0.3, 0.4) is 0 Å². The number of nitrogens with two attached hydrogens (primary N) is 1. The van der Waals surface area contributed by atoms with E-state index in [1.54, 1.807) is 11.8 Å². The van der Waals surface area contributed by atoms with Crippen LogP contribution in [0, 0.1) is 0 Å². The maximum absolute atomic E-state index is 11.3. The molecule has 0 aromatic rings. The molecule has 15 heavy (non-hydrogen) atoms. The molecule has 6 nitrogen and oxygen atoms in total. The number of rotatable bonds is 3. The van der Waals surface area contributed by atoms with Gasteiger partial charge in [0.2, 0.25) is 5.91 Å². The molecule has 1 rings (SSSR count). The van der Waals surface area contributed by atoms with Crippen LogP contribution in [-0.2, 0) is 14.3 Å². The smallest absolute Gasteiger partial charge is 0.322 e. The molecule has 0 aromatic carbocycles. The molecule has 3 N–H and O–H groups in total. The molecule has 1 fully saturated rings.